The number of halogens is 1. The molecule has 0 N–H and O–H groups in total. The van der Waals surface area contributed by atoms with Crippen molar-refractivity contribution in [2.75, 3.05) is 6.07 Å². The predicted octanol–water partition coefficient (Wildman–Crippen LogP) is 3.18. The standard InChI is InChI=1S/C15H11ClN2O4/c1-17-12-6-5-9(22-8-16)7-11(12)15(19)10-3-2-4-13(14(10)17)18(20)21/h2-7H,8H2,1H3. The molecular formula is C15H11ClN2O4. The van der Waals surface area contributed by atoms with Gasteiger partial charge in [-0.1, -0.05) is 17.7 Å². The van der Waals surface area contributed by atoms with Crippen LogP contribution in [0.3, 0.4) is 0 Å². The number of fused-ring (bicyclic) bond motifs is 2. The third-order valence-electron chi connectivity index (χ3n) is 3.59. The van der Waals surface area contributed by atoms with Crippen LogP contribution in [0.25, 0.3) is 21.8 Å². The molecule has 0 atom stereocenters. The normalized spacial score (nSPS) is 11.0. The number of rotatable bonds is 3. The summed E-state index contributed by atoms with van der Waals surface area (Å²) in [7, 11) is 1.69. The van der Waals surface area contributed by atoms with Crippen molar-refractivity contribution in [1.82, 2.24) is 4.57 Å². The third-order valence-corrected chi connectivity index (χ3v) is 3.70. The maximum atomic E-state index is 12.6. The molecule has 0 saturated carbocycles. The van der Waals surface area contributed by atoms with Gasteiger partial charge >= 0.3 is 0 Å². The lowest BCUT2D eigenvalue weighted by Gasteiger charge is -2.11. The summed E-state index contributed by atoms with van der Waals surface area (Å²) in [5.41, 5.74) is 0.525. The molecule has 0 unspecified atom stereocenters. The van der Waals surface area contributed by atoms with Crippen molar-refractivity contribution >= 4 is 39.1 Å². The van der Waals surface area contributed by atoms with E-state index in [1.54, 1.807) is 35.9 Å². The maximum absolute atomic E-state index is 12.6. The number of aryl methyl sites for hydroxylation is 1. The smallest absolute Gasteiger partial charge is 0.293 e. The molecule has 7 heteroatoms. The van der Waals surface area contributed by atoms with E-state index in [0.29, 0.717) is 27.6 Å². The Morgan fingerprint density at radius 1 is 1.27 bits per heavy atom. The Morgan fingerprint density at radius 3 is 2.73 bits per heavy atom. The van der Waals surface area contributed by atoms with Crippen LogP contribution in [0.2, 0.25) is 0 Å². The van der Waals surface area contributed by atoms with E-state index in [1.807, 2.05) is 0 Å². The first-order chi connectivity index (χ1) is 10.5. The molecule has 0 amide bonds. The Balaban J connectivity index is 2.49. The van der Waals surface area contributed by atoms with Crippen LogP contribution >= 0.6 is 11.6 Å². The lowest BCUT2D eigenvalue weighted by molar-refractivity contribution is -0.383. The Kier molecular flexibility index (Phi) is 3.46. The number of pyridine rings is 1. The summed E-state index contributed by atoms with van der Waals surface area (Å²) < 4.78 is 6.84. The van der Waals surface area contributed by atoms with Crippen LogP contribution in [0.1, 0.15) is 0 Å². The highest BCUT2D eigenvalue weighted by molar-refractivity contribution is 6.17. The molecule has 0 aliphatic rings. The number of alkyl halides is 1. The molecule has 112 valence electrons. The number of nitro benzene ring substituents is 1. The van der Waals surface area contributed by atoms with Crippen LogP contribution in [-0.4, -0.2) is 15.6 Å². The highest BCUT2D eigenvalue weighted by atomic mass is 35.5. The molecule has 0 aliphatic heterocycles. The van der Waals surface area contributed by atoms with E-state index in [-0.39, 0.29) is 17.2 Å². The zero-order valence-corrected chi connectivity index (χ0v) is 12.3. The molecule has 3 aromatic rings. The number of nitro groups is 1. The number of aromatic nitrogens is 1. The lowest BCUT2D eigenvalue weighted by Crippen LogP contribution is -2.10. The molecule has 0 radical (unpaired) electrons. The topological polar surface area (TPSA) is 74.4 Å². The fraction of sp³-hybridized carbons (Fsp3) is 0.133. The molecule has 0 bridgehead atoms. The molecule has 3 rings (SSSR count). The van der Waals surface area contributed by atoms with Crippen molar-refractivity contribution in [2.24, 2.45) is 7.05 Å². The van der Waals surface area contributed by atoms with E-state index in [1.165, 1.54) is 12.1 Å². The largest absolute Gasteiger partial charge is 0.478 e. The number of hydrogen-bond donors (Lipinski definition) is 0. The van der Waals surface area contributed by atoms with Crippen LogP contribution in [0.4, 0.5) is 5.69 Å². The quantitative estimate of drug-likeness (QED) is 0.322. The van der Waals surface area contributed by atoms with Gasteiger partial charge in [-0.3, -0.25) is 14.9 Å². The monoisotopic (exact) mass is 318 g/mol. The number of para-hydroxylation sites is 1. The first kappa shape index (κ1) is 14.3. The lowest BCUT2D eigenvalue weighted by atomic mass is 10.1. The summed E-state index contributed by atoms with van der Waals surface area (Å²) in [4.78, 5) is 23.4. The highest BCUT2D eigenvalue weighted by Crippen LogP contribution is 2.27. The SMILES string of the molecule is Cn1c2ccc(OCCl)cc2c(=O)c2cccc([N+](=O)[O-])c21. The van der Waals surface area contributed by atoms with Crippen LogP contribution in [0.15, 0.2) is 41.2 Å². The minimum Gasteiger partial charge on any atom is -0.478 e. The summed E-state index contributed by atoms with van der Waals surface area (Å²) in [6.07, 6.45) is 0. The predicted molar refractivity (Wildman–Crippen MR) is 84.7 cm³/mol. The highest BCUT2D eigenvalue weighted by Gasteiger charge is 2.18. The van der Waals surface area contributed by atoms with Gasteiger partial charge < -0.3 is 9.30 Å². The summed E-state index contributed by atoms with van der Waals surface area (Å²) in [6.45, 7) is 0. The number of nitrogens with zero attached hydrogens (tertiary/aromatic N) is 2. The molecule has 0 fully saturated rings. The first-order valence-corrected chi connectivity index (χ1v) is 6.96. The van der Waals surface area contributed by atoms with Crippen LogP contribution in [-0.2, 0) is 7.05 Å². The van der Waals surface area contributed by atoms with E-state index in [4.69, 9.17) is 16.3 Å². The molecule has 2 aromatic carbocycles. The number of benzene rings is 2. The molecule has 1 heterocycles. The summed E-state index contributed by atoms with van der Waals surface area (Å²) >= 11 is 5.53. The first-order valence-electron chi connectivity index (χ1n) is 6.43. The zero-order valence-electron chi connectivity index (χ0n) is 11.6. The zero-order chi connectivity index (χ0) is 15.9. The van der Waals surface area contributed by atoms with Crippen molar-refractivity contribution in [3.63, 3.8) is 0 Å². The Bertz CT molecular complexity index is 965. The Labute approximate surface area is 129 Å². The van der Waals surface area contributed by atoms with Crippen LogP contribution < -0.4 is 10.2 Å². The van der Waals surface area contributed by atoms with Crippen molar-refractivity contribution < 1.29 is 9.66 Å². The molecule has 0 aliphatic carbocycles. The van der Waals surface area contributed by atoms with Gasteiger partial charge in [0, 0.05) is 18.5 Å². The Hall–Kier alpha value is -2.60. The van der Waals surface area contributed by atoms with Gasteiger partial charge in [-0.15, -0.1) is 0 Å². The Morgan fingerprint density at radius 2 is 2.05 bits per heavy atom. The van der Waals surface area contributed by atoms with E-state index in [2.05, 4.69) is 0 Å². The second kappa shape index (κ2) is 5.31. The summed E-state index contributed by atoms with van der Waals surface area (Å²) in [5.74, 6) is 0.476. The average molecular weight is 319 g/mol. The minimum absolute atomic E-state index is 0.0229. The summed E-state index contributed by atoms with van der Waals surface area (Å²) in [6, 6.07) is 9.41. The van der Waals surface area contributed by atoms with Gasteiger partial charge in [-0.2, -0.15) is 0 Å². The van der Waals surface area contributed by atoms with Gasteiger partial charge in [-0.05, 0) is 24.3 Å². The number of ether oxygens (including phenoxy) is 1. The molecule has 6 nitrogen and oxygen atoms in total. The molecule has 0 saturated heterocycles. The van der Waals surface area contributed by atoms with Gasteiger partial charge in [-0.25, -0.2) is 0 Å². The molecular weight excluding hydrogens is 308 g/mol. The third kappa shape index (κ3) is 2.08. The fourth-order valence-electron chi connectivity index (χ4n) is 2.62. The minimum atomic E-state index is -0.488. The van der Waals surface area contributed by atoms with Crippen molar-refractivity contribution in [1.29, 1.82) is 0 Å². The second-order valence-corrected chi connectivity index (χ2v) is 4.97. The van der Waals surface area contributed by atoms with Gasteiger partial charge in [0.25, 0.3) is 5.69 Å². The van der Waals surface area contributed by atoms with Crippen molar-refractivity contribution in [3.05, 3.63) is 56.7 Å². The number of non-ortho nitro benzene ring substituents is 1. The number of hydrogen-bond acceptors (Lipinski definition) is 4. The fourth-order valence-corrected chi connectivity index (χ4v) is 2.75. The maximum Gasteiger partial charge on any atom is 0.293 e. The van der Waals surface area contributed by atoms with Crippen molar-refractivity contribution in [3.8, 4) is 5.75 Å². The van der Waals surface area contributed by atoms with Crippen molar-refractivity contribution in [2.45, 2.75) is 0 Å². The molecule has 22 heavy (non-hydrogen) atoms. The average Bonchev–Trinajstić information content (AvgIpc) is 2.52. The van der Waals surface area contributed by atoms with Gasteiger partial charge in [0.1, 0.15) is 11.3 Å². The van der Waals surface area contributed by atoms with Crippen LogP contribution in [0.5, 0.6) is 5.75 Å². The van der Waals surface area contributed by atoms with Crippen LogP contribution in [0, 0.1) is 10.1 Å². The molecule has 0 spiro atoms. The van der Waals surface area contributed by atoms with Gasteiger partial charge in [0.2, 0.25) is 0 Å². The van der Waals surface area contributed by atoms with Gasteiger partial charge in [0.05, 0.1) is 15.8 Å². The summed E-state index contributed by atoms with van der Waals surface area (Å²) in [5, 5.41) is 11.9. The van der Waals surface area contributed by atoms with E-state index in [0.717, 1.165) is 0 Å². The van der Waals surface area contributed by atoms with Gasteiger partial charge in [0.15, 0.2) is 11.5 Å². The molecule has 1 aromatic heterocycles. The van der Waals surface area contributed by atoms with E-state index in [9.17, 15) is 14.9 Å². The van der Waals surface area contributed by atoms with E-state index < -0.39 is 4.92 Å². The van der Waals surface area contributed by atoms with E-state index >= 15 is 0 Å². The second-order valence-electron chi connectivity index (χ2n) is 4.75.